The Balaban J connectivity index is 1.47. The lowest BCUT2D eigenvalue weighted by Gasteiger charge is -2.57. The molecule has 1 spiro atoms. The molecule has 2 fully saturated rings. The lowest BCUT2D eigenvalue weighted by atomic mass is 9.42. The van der Waals surface area contributed by atoms with Crippen molar-refractivity contribution >= 4 is 33.1 Å². The van der Waals surface area contributed by atoms with Crippen LogP contribution in [0.5, 0.6) is 0 Å². The van der Waals surface area contributed by atoms with Crippen molar-refractivity contribution in [2.75, 3.05) is 20.3 Å². The van der Waals surface area contributed by atoms with Gasteiger partial charge in [-0.25, -0.2) is 0 Å². The maximum Gasteiger partial charge on any atom is 0.276 e. The van der Waals surface area contributed by atoms with Gasteiger partial charge in [-0.1, -0.05) is 130 Å². The molecular formula is C40H72BN4O4P. The van der Waals surface area contributed by atoms with Crippen LogP contribution in [-0.2, 0) is 16.0 Å². The summed E-state index contributed by atoms with van der Waals surface area (Å²) < 4.78 is 5.12. The topological polar surface area (TPSA) is 104 Å². The smallest absolute Gasteiger partial charge is 0.276 e. The molecule has 8 nitrogen and oxygen atoms in total. The zero-order chi connectivity index (χ0) is 36.4. The Morgan fingerprint density at radius 3 is 2.10 bits per heavy atom. The Hall–Kier alpha value is -1.73. The molecule has 1 aliphatic heterocycles. The molecule has 2 heterocycles. The average molecular weight is 715 g/mol. The third-order valence-corrected chi connectivity index (χ3v) is 12.3. The number of aromatic nitrogens is 2. The molecule has 4 atom stereocenters. The van der Waals surface area contributed by atoms with Crippen molar-refractivity contribution < 1.29 is 14.3 Å². The minimum atomic E-state index is -0.275. The van der Waals surface area contributed by atoms with Gasteiger partial charge in [-0.3, -0.25) is 14.4 Å². The van der Waals surface area contributed by atoms with Gasteiger partial charge >= 0.3 is 0 Å². The van der Waals surface area contributed by atoms with E-state index in [1.807, 2.05) is 11.7 Å². The number of hydrogen-bond donors (Lipinski definition) is 2. The van der Waals surface area contributed by atoms with Gasteiger partial charge < -0.3 is 19.8 Å². The van der Waals surface area contributed by atoms with Gasteiger partial charge in [0.05, 0.1) is 6.61 Å². The summed E-state index contributed by atoms with van der Waals surface area (Å²) >= 11 is 0. The van der Waals surface area contributed by atoms with E-state index >= 15 is 0 Å². The number of nitrogens with zero attached hydrogens (tertiary/aromatic N) is 2. The second kappa shape index (κ2) is 22.4. The highest BCUT2D eigenvalue weighted by Gasteiger charge is 2.53. The summed E-state index contributed by atoms with van der Waals surface area (Å²) in [5.41, 5.74) is 1.68. The van der Waals surface area contributed by atoms with E-state index in [2.05, 4.69) is 43.0 Å². The van der Waals surface area contributed by atoms with Crippen molar-refractivity contribution in [1.82, 2.24) is 20.1 Å². The van der Waals surface area contributed by atoms with E-state index in [1.165, 1.54) is 103 Å². The van der Waals surface area contributed by atoms with E-state index in [0.29, 0.717) is 50.5 Å². The molecule has 1 saturated heterocycles. The Bertz CT molecular complexity index is 1220. The van der Waals surface area contributed by atoms with Gasteiger partial charge in [0.2, 0.25) is 19.0 Å². The van der Waals surface area contributed by atoms with Crippen LogP contribution < -0.4 is 16.4 Å². The van der Waals surface area contributed by atoms with Crippen LogP contribution in [-0.4, -0.2) is 60.1 Å². The first-order valence-corrected chi connectivity index (χ1v) is 21.4. The van der Waals surface area contributed by atoms with Crippen LogP contribution in [0.2, 0.25) is 5.31 Å². The number of rotatable bonds is 25. The van der Waals surface area contributed by atoms with Crippen LogP contribution in [0, 0.1) is 18.3 Å². The zero-order valence-corrected chi connectivity index (χ0v) is 33.9. The monoisotopic (exact) mass is 715 g/mol. The number of amides is 2. The number of H-pyrrole nitrogens is 1. The molecule has 0 radical (unpaired) electrons. The summed E-state index contributed by atoms with van der Waals surface area (Å²) in [6, 6.07) is 0.149. The summed E-state index contributed by atoms with van der Waals surface area (Å²) in [7, 11) is 2.12. The second-order valence-electron chi connectivity index (χ2n) is 16.8. The first-order valence-electron chi connectivity index (χ1n) is 20.4. The molecule has 2 amide bonds. The Morgan fingerprint density at radius 2 is 1.54 bits per heavy atom. The Kier molecular flexibility index (Phi) is 19.1. The number of hydrogen-bond acceptors (Lipinski definition) is 5. The molecule has 10 heteroatoms. The van der Waals surface area contributed by atoms with Crippen LogP contribution in [0.3, 0.4) is 0 Å². The Morgan fingerprint density at radius 1 is 0.960 bits per heavy atom. The van der Waals surface area contributed by atoms with Gasteiger partial charge in [0.15, 0.2) is 0 Å². The highest BCUT2D eigenvalue weighted by atomic mass is 31.1. The predicted octanol–water partition coefficient (Wildman–Crippen LogP) is 8.89. The number of carbonyl (C=O) groups is 2. The maximum absolute atomic E-state index is 13.4. The molecule has 4 unspecified atom stereocenters. The van der Waals surface area contributed by atoms with Gasteiger partial charge in [0.1, 0.15) is 5.57 Å². The van der Waals surface area contributed by atoms with Crippen molar-refractivity contribution in [3.8, 4) is 0 Å². The van der Waals surface area contributed by atoms with E-state index in [9.17, 15) is 14.4 Å². The maximum atomic E-state index is 13.4. The standard InChI is InChI=1S/C40H72BN4O4P/c1-7-9-11-13-15-16-18-20-22-32(21-19-17-14-12-10-8-2)23-24-35(46)43-33-27-39(4,5)29-40(28-33)30-45(41-40)38(48)50-37-42-31(3)34(25-26-49-6)36(47)44-37/h32-33,41,50H,7-30H2,1-6H3,(H,43,46)(H,42,44,47). The van der Waals surface area contributed by atoms with E-state index in [4.69, 9.17) is 4.74 Å². The van der Waals surface area contributed by atoms with Crippen LogP contribution in [0.15, 0.2) is 4.79 Å². The minimum Gasteiger partial charge on any atom is -0.386 e. The van der Waals surface area contributed by atoms with Crippen LogP contribution in [0.1, 0.15) is 174 Å². The molecule has 284 valence electrons. The Labute approximate surface area is 307 Å². The van der Waals surface area contributed by atoms with Gasteiger partial charge in [-0.2, -0.15) is 4.98 Å². The van der Waals surface area contributed by atoms with Gasteiger partial charge in [-0.15, -0.1) is 0 Å². The summed E-state index contributed by atoms with van der Waals surface area (Å²) in [5.74, 6) is 0.864. The number of ether oxygens (including phenoxy) is 1. The summed E-state index contributed by atoms with van der Waals surface area (Å²) in [6.07, 6.45) is 26.4. The highest BCUT2D eigenvalue weighted by Crippen LogP contribution is 2.55. The average Bonchev–Trinajstić information content (AvgIpc) is 3.03. The third-order valence-electron chi connectivity index (χ3n) is 11.3. The molecule has 2 aliphatic rings. The number of carbonyl (C=O) groups excluding carboxylic acids is 2. The molecule has 0 aromatic carbocycles. The SMILES string of the molecule is CCCCCCCCCCC(CCCCCCCC)CCC(=O)NC1CC(C)(C)CC2(BN(C(=O)Pc3nc(=O)c(CCOC)c(C)[nH]3)C2)C1. The van der Waals surface area contributed by atoms with Crippen molar-refractivity contribution in [3.05, 3.63) is 21.6 Å². The molecule has 50 heavy (non-hydrogen) atoms. The van der Waals surface area contributed by atoms with Gasteiger partial charge in [0, 0.05) is 52.4 Å². The van der Waals surface area contributed by atoms with Crippen molar-refractivity contribution in [1.29, 1.82) is 0 Å². The van der Waals surface area contributed by atoms with E-state index in [0.717, 1.165) is 31.4 Å². The number of aromatic amines is 1. The molecular weight excluding hydrogens is 642 g/mol. The molecule has 3 rings (SSSR count). The molecule has 1 aromatic rings. The fourth-order valence-corrected chi connectivity index (χ4v) is 9.79. The predicted molar refractivity (Wildman–Crippen MR) is 213 cm³/mol. The molecule has 1 aromatic heterocycles. The molecule has 0 bridgehead atoms. The van der Waals surface area contributed by atoms with Gasteiger partial charge in [-0.05, 0) is 49.3 Å². The highest BCUT2D eigenvalue weighted by molar-refractivity contribution is 7.64. The fourth-order valence-electron chi connectivity index (χ4n) is 8.87. The molecule has 1 saturated carbocycles. The third kappa shape index (κ3) is 15.1. The zero-order valence-electron chi connectivity index (χ0n) is 32.9. The lowest BCUT2D eigenvalue weighted by molar-refractivity contribution is -0.122. The summed E-state index contributed by atoms with van der Waals surface area (Å²) in [5, 5.41) is 3.50. The molecule has 1 aliphatic carbocycles. The summed E-state index contributed by atoms with van der Waals surface area (Å²) in [6.45, 7) is 12.2. The van der Waals surface area contributed by atoms with E-state index < -0.39 is 0 Å². The largest absolute Gasteiger partial charge is 0.386 e. The van der Waals surface area contributed by atoms with Gasteiger partial charge in [0.25, 0.3) is 5.56 Å². The number of aryl methyl sites for hydroxylation is 1. The number of methoxy groups -OCH3 is 1. The first-order chi connectivity index (χ1) is 24.0. The van der Waals surface area contributed by atoms with Crippen LogP contribution >= 0.6 is 8.58 Å². The van der Waals surface area contributed by atoms with Crippen LogP contribution in [0.25, 0.3) is 0 Å². The van der Waals surface area contributed by atoms with E-state index in [-0.39, 0.29) is 42.5 Å². The minimum absolute atomic E-state index is 0.0275. The van der Waals surface area contributed by atoms with Crippen molar-refractivity contribution in [2.45, 2.75) is 187 Å². The van der Waals surface area contributed by atoms with E-state index in [1.54, 1.807) is 7.11 Å². The molecule has 2 N–H and O–H groups in total. The first kappa shape index (κ1) is 42.7. The fraction of sp³-hybridized carbons (Fsp3) is 0.850. The second-order valence-corrected chi connectivity index (χ2v) is 17.9. The van der Waals surface area contributed by atoms with Crippen molar-refractivity contribution in [2.24, 2.45) is 11.3 Å². The van der Waals surface area contributed by atoms with Crippen molar-refractivity contribution in [3.63, 3.8) is 0 Å². The number of nitrogens with one attached hydrogen (secondary N) is 2. The lowest BCUT2D eigenvalue weighted by Crippen LogP contribution is -2.61. The van der Waals surface area contributed by atoms with Crippen LogP contribution in [0.4, 0.5) is 4.79 Å². The normalized spacial score (nSPS) is 20.6. The number of unbranched alkanes of at least 4 members (excludes halogenated alkanes) is 12. The summed E-state index contributed by atoms with van der Waals surface area (Å²) in [4.78, 5) is 48.5. The quantitative estimate of drug-likeness (QED) is 0.0598.